The smallest absolute Gasteiger partial charge is 0.257 e. The van der Waals surface area contributed by atoms with E-state index < -0.39 is 0 Å². The van der Waals surface area contributed by atoms with Crippen LogP contribution in [0.1, 0.15) is 20.7 Å². The number of rotatable bonds is 5. The van der Waals surface area contributed by atoms with Gasteiger partial charge in [-0.15, -0.1) is 0 Å². The third-order valence-corrected chi connectivity index (χ3v) is 4.15. The molecule has 0 saturated heterocycles. The summed E-state index contributed by atoms with van der Waals surface area (Å²) in [4.78, 5) is 29.1. The fourth-order valence-electron chi connectivity index (χ4n) is 2.42. The highest BCUT2D eigenvalue weighted by molar-refractivity contribution is 9.10. The fourth-order valence-corrected chi connectivity index (χ4v) is 2.78. The molecule has 0 fully saturated rings. The van der Waals surface area contributed by atoms with Crippen LogP contribution in [-0.4, -0.2) is 23.9 Å². The molecule has 0 spiro atoms. The second kappa shape index (κ2) is 8.46. The lowest BCUT2D eigenvalue weighted by Gasteiger charge is -2.12. The molecule has 1 heterocycles. The fraction of sp³-hybridized carbons (Fsp3) is 0.0500. The van der Waals surface area contributed by atoms with E-state index in [1.54, 1.807) is 67.9 Å². The van der Waals surface area contributed by atoms with Gasteiger partial charge in [0.25, 0.3) is 11.8 Å². The first-order valence-corrected chi connectivity index (χ1v) is 8.82. The van der Waals surface area contributed by atoms with Crippen LogP contribution in [0.25, 0.3) is 0 Å². The van der Waals surface area contributed by atoms with Gasteiger partial charge in [-0.05, 0) is 46.3 Å². The van der Waals surface area contributed by atoms with Crippen molar-refractivity contribution in [3.63, 3.8) is 0 Å². The van der Waals surface area contributed by atoms with Crippen LogP contribution >= 0.6 is 15.9 Å². The quantitative estimate of drug-likeness (QED) is 0.636. The molecule has 2 amide bonds. The van der Waals surface area contributed by atoms with Crippen LogP contribution in [0.5, 0.6) is 5.75 Å². The normalized spacial score (nSPS) is 10.1. The lowest BCUT2D eigenvalue weighted by molar-refractivity contribution is 0.102. The monoisotopic (exact) mass is 425 g/mol. The van der Waals surface area contributed by atoms with Crippen LogP contribution in [0.3, 0.4) is 0 Å². The van der Waals surface area contributed by atoms with Gasteiger partial charge in [-0.25, -0.2) is 0 Å². The highest BCUT2D eigenvalue weighted by Gasteiger charge is 2.15. The van der Waals surface area contributed by atoms with E-state index in [0.29, 0.717) is 32.7 Å². The topological polar surface area (TPSA) is 80.3 Å². The number of carbonyl (C=O) groups is 2. The molecule has 0 bridgehead atoms. The zero-order valence-corrected chi connectivity index (χ0v) is 16.0. The van der Waals surface area contributed by atoms with Crippen molar-refractivity contribution in [1.82, 2.24) is 4.98 Å². The number of anilines is 2. The van der Waals surface area contributed by atoms with Crippen molar-refractivity contribution in [2.45, 2.75) is 0 Å². The molecule has 3 rings (SSSR count). The Morgan fingerprint density at radius 3 is 2.56 bits per heavy atom. The van der Waals surface area contributed by atoms with Crippen LogP contribution in [0.15, 0.2) is 71.5 Å². The molecule has 0 atom stereocenters. The summed E-state index contributed by atoms with van der Waals surface area (Å²) in [6, 6.07) is 15.5. The van der Waals surface area contributed by atoms with E-state index in [-0.39, 0.29) is 11.8 Å². The van der Waals surface area contributed by atoms with Crippen LogP contribution in [0.2, 0.25) is 0 Å². The van der Waals surface area contributed by atoms with E-state index in [2.05, 4.69) is 31.5 Å². The van der Waals surface area contributed by atoms with Crippen molar-refractivity contribution in [2.24, 2.45) is 0 Å². The number of pyridine rings is 1. The van der Waals surface area contributed by atoms with Gasteiger partial charge in [-0.3, -0.25) is 14.6 Å². The number of para-hydroxylation sites is 1. The van der Waals surface area contributed by atoms with E-state index in [0.717, 1.165) is 0 Å². The Hall–Kier alpha value is -3.19. The molecule has 136 valence electrons. The minimum atomic E-state index is -0.356. The third kappa shape index (κ3) is 4.71. The van der Waals surface area contributed by atoms with E-state index in [9.17, 15) is 9.59 Å². The number of aromatic nitrogens is 1. The highest BCUT2D eigenvalue weighted by atomic mass is 79.9. The summed E-state index contributed by atoms with van der Waals surface area (Å²) in [6.45, 7) is 0. The number of nitrogens with one attached hydrogen (secondary N) is 2. The standard InChI is InChI=1S/C20H16BrN3O3/c1-27-16-6-4-5-15(10-16)23-20(26)17-7-2-3-8-18(17)24-19(25)13-9-14(21)12-22-11-13/h2-12H,1H3,(H,23,26)(H,24,25). The van der Waals surface area contributed by atoms with E-state index in [1.165, 1.54) is 6.20 Å². The van der Waals surface area contributed by atoms with Crippen molar-refractivity contribution >= 4 is 39.1 Å². The second-order valence-electron chi connectivity index (χ2n) is 5.58. The van der Waals surface area contributed by atoms with E-state index in [4.69, 9.17) is 4.74 Å². The molecule has 0 unspecified atom stereocenters. The lowest BCUT2D eigenvalue weighted by Crippen LogP contribution is -2.18. The Balaban J connectivity index is 1.80. The number of amides is 2. The maximum atomic E-state index is 12.7. The molecule has 0 aliphatic heterocycles. The predicted octanol–water partition coefficient (Wildman–Crippen LogP) is 4.36. The first-order chi connectivity index (χ1) is 13.1. The third-order valence-electron chi connectivity index (χ3n) is 3.71. The molecular weight excluding hydrogens is 410 g/mol. The molecule has 2 N–H and O–H groups in total. The molecule has 0 aliphatic carbocycles. The van der Waals surface area contributed by atoms with Gasteiger partial charge in [-0.2, -0.15) is 0 Å². The summed E-state index contributed by atoms with van der Waals surface area (Å²) in [5.74, 6) is -0.0616. The Bertz CT molecular complexity index is 991. The first-order valence-electron chi connectivity index (χ1n) is 8.03. The van der Waals surface area contributed by atoms with Gasteiger partial charge in [-0.1, -0.05) is 18.2 Å². The zero-order valence-electron chi connectivity index (χ0n) is 14.4. The number of methoxy groups -OCH3 is 1. The summed E-state index contributed by atoms with van der Waals surface area (Å²) in [5.41, 5.74) is 1.73. The molecule has 0 radical (unpaired) electrons. The summed E-state index contributed by atoms with van der Waals surface area (Å²) in [7, 11) is 1.56. The second-order valence-corrected chi connectivity index (χ2v) is 6.49. The molecule has 3 aromatic rings. The number of ether oxygens (including phenoxy) is 1. The van der Waals surface area contributed by atoms with Gasteiger partial charge < -0.3 is 15.4 Å². The SMILES string of the molecule is COc1cccc(NC(=O)c2ccccc2NC(=O)c2cncc(Br)c2)c1. The summed E-state index contributed by atoms with van der Waals surface area (Å²) < 4.78 is 5.85. The van der Waals surface area contributed by atoms with Crippen molar-refractivity contribution in [3.05, 3.63) is 82.6 Å². The van der Waals surface area contributed by atoms with Crippen LogP contribution < -0.4 is 15.4 Å². The number of hydrogen-bond donors (Lipinski definition) is 2. The minimum absolute atomic E-state index is 0.341. The van der Waals surface area contributed by atoms with Gasteiger partial charge >= 0.3 is 0 Å². The number of halogens is 1. The van der Waals surface area contributed by atoms with Crippen LogP contribution in [0, 0.1) is 0 Å². The minimum Gasteiger partial charge on any atom is -0.497 e. The largest absolute Gasteiger partial charge is 0.497 e. The molecule has 0 saturated carbocycles. The average molecular weight is 426 g/mol. The molecule has 6 nitrogen and oxygen atoms in total. The van der Waals surface area contributed by atoms with Crippen molar-refractivity contribution in [1.29, 1.82) is 0 Å². The maximum absolute atomic E-state index is 12.7. The molecule has 2 aromatic carbocycles. The van der Waals surface area contributed by atoms with E-state index >= 15 is 0 Å². The van der Waals surface area contributed by atoms with Gasteiger partial charge in [0.15, 0.2) is 0 Å². The predicted molar refractivity (Wildman–Crippen MR) is 107 cm³/mol. The van der Waals surface area contributed by atoms with Crippen molar-refractivity contribution < 1.29 is 14.3 Å². The maximum Gasteiger partial charge on any atom is 0.257 e. The highest BCUT2D eigenvalue weighted by Crippen LogP contribution is 2.21. The van der Waals surface area contributed by atoms with Gasteiger partial charge in [0.05, 0.1) is 23.9 Å². The summed E-state index contributed by atoms with van der Waals surface area (Å²) in [5, 5.41) is 5.56. The van der Waals surface area contributed by atoms with E-state index in [1.807, 2.05) is 0 Å². The summed E-state index contributed by atoms with van der Waals surface area (Å²) in [6.07, 6.45) is 3.05. The number of benzene rings is 2. The number of carbonyl (C=O) groups excluding carboxylic acids is 2. The molecule has 0 aliphatic rings. The first kappa shape index (κ1) is 18.6. The van der Waals surface area contributed by atoms with Gasteiger partial charge in [0, 0.05) is 28.6 Å². The van der Waals surface area contributed by atoms with Crippen LogP contribution in [0.4, 0.5) is 11.4 Å². The molecule has 27 heavy (non-hydrogen) atoms. The Morgan fingerprint density at radius 1 is 0.963 bits per heavy atom. The van der Waals surface area contributed by atoms with Crippen molar-refractivity contribution in [2.75, 3.05) is 17.7 Å². The van der Waals surface area contributed by atoms with Crippen LogP contribution in [-0.2, 0) is 0 Å². The number of hydrogen-bond acceptors (Lipinski definition) is 4. The molecule has 7 heteroatoms. The Kier molecular flexibility index (Phi) is 5.83. The molecule has 1 aromatic heterocycles. The van der Waals surface area contributed by atoms with Crippen molar-refractivity contribution in [3.8, 4) is 5.75 Å². The zero-order chi connectivity index (χ0) is 19.2. The Labute approximate surface area is 164 Å². The number of nitrogens with zero attached hydrogens (tertiary/aromatic N) is 1. The average Bonchev–Trinajstić information content (AvgIpc) is 2.68. The summed E-state index contributed by atoms with van der Waals surface area (Å²) >= 11 is 3.29. The lowest BCUT2D eigenvalue weighted by atomic mass is 10.1. The van der Waals surface area contributed by atoms with Gasteiger partial charge in [0.1, 0.15) is 5.75 Å². The van der Waals surface area contributed by atoms with Gasteiger partial charge in [0.2, 0.25) is 0 Å². The molecular formula is C20H16BrN3O3. The Morgan fingerprint density at radius 2 is 1.78 bits per heavy atom.